The molecule has 0 unspecified atom stereocenters. The number of hydrogen-bond donors (Lipinski definition) is 2. The third-order valence-corrected chi connectivity index (χ3v) is 2.86. The van der Waals surface area contributed by atoms with E-state index in [0.29, 0.717) is 9.20 Å². The van der Waals surface area contributed by atoms with E-state index < -0.39 is 5.82 Å². The summed E-state index contributed by atoms with van der Waals surface area (Å²) in [5.41, 5.74) is -0.0222. The van der Waals surface area contributed by atoms with Crippen LogP contribution in [0.1, 0.15) is 5.56 Å². The molecule has 0 fully saturated rings. The van der Waals surface area contributed by atoms with Crippen molar-refractivity contribution in [3.63, 3.8) is 0 Å². The first kappa shape index (κ1) is 10.6. The zero-order chi connectivity index (χ0) is 11.7. The minimum absolute atomic E-state index is 0.0696. The fourth-order valence-corrected chi connectivity index (χ4v) is 2.01. The number of phenols is 1. The zero-order valence-corrected chi connectivity index (χ0v) is 8.97. The van der Waals surface area contributed by atoms with Crippen LogP contribution in [0.5, 0.6) is 5.75 Å². The topological polar surface area (TPSA) is 53.1 Å². The first-order valence-corrected chi connectivity index (χ1v) is 5.26. The number of halogens is 1. The zero-order valence-electron chi connectivity index (χ0n) is 8.16. The smallest absolute Gasteiger partial charge is 0.266 e. The number of rotatable bonds is 1. The van der Waals surface area contributed by atoms with Crippen molar-refractivity contribution < 1.29 is 9.50 Å². The van der Waals surface area contributed by atoms with E-state index in [2.05, 4.69) is 11.6 Å². The van der Waals surface area contributed by atoms with Crippen LogP contribution in [0.25, 0.3) is 12.7 Å². The molecule has 0 amide bonds. The summed E-state index contributed by atoms with van der Waals surface area (Å²) in [6.45, 7) is 3.59. The lowest BCUT2D eigenvalue weighted by atomic mass is 10.2. The minimum atomic E-state index is -0.466. The lowest BCUT2D eigenvalue weighted by molar-refractivity contribution is 0.471. The number of nitrogens with one attached hydrogen (secondary N) is 1. The standard InChI is InChI=1S/C11H8FNO2S/c1-6-13-11(15)10(16-6)5-7-4-8(12)2-3-9(7)14/h2-5,14H,1H2,(H,13,15)/b10-5-. The van der Waals surface area contributed by atoms with E-state index >= 15 is 0 Å². The molecule has 0 atom stereocenters. The SMILES string of the molecule is C=c1[nH]c(=O)/c(=C/c2cc(F)ccc2O)s1. The highest BCUT2D eigenvalue weighted by atomic mass is 32.1. The Morgan fingerprint density at radius 2 is 2.25 bits per heavy atom. The van der Waals surface area contributed by atoms with E-state index in [4.69, 9.17) is 0 Å². The Balaban J connectivity index is 2.67. The van der Waals surface area contributed by atoms with Crippen molar-refractivity contribution in [1.82, 2.24) is 4.98 Å². The second-order valence-corrected chi connectivity index (χ2v) is 4.33. The quantitative estimate of drug-likeness (QED) is 0.759. The van der Waals surface area contributed by atoms with Crippen molar-refractivity contribution in [2.45, 2.75) is 0 Å². The molecule has 0 aliphatic carbocycles. The fraction of sp³-hybridized carbons (Fsp3) is 0. The summed E-state index contributed by atoms with van der Waals surface area (Å²) in [6.07, 6.45) is 1.43. The molecule has 0 saturated heterocycles. The Hall–Kier alpha value is -1.88. The Labute approximate surface area is 93.8 Å². The summed E-state index contributed by atoms with van der Waals surface area (Å²) in [6, 6.07) is 3.56. The molecule has 1 heterocycles. The summed E-state index contributed by atoms with van der Waals surface area (Å²) >= 11 is 1.16. The van der Waals surface area contributed by atoms with Crippen LogP contribution in [0.15, 0.2) is 23.0 Å². The average Bonchev–Trinajstić information content (AvgIpc) is 2.51. The molecule has 2 N–H and O–H groups in total. The van der Waals surface area contributed by atoms with Crippen molar-refractivity contribution in [2.75, 3.05) is 0 Å². The van der Waals surface area contributed by atoms with Crippen molar-refractivity contribution in [2.24, 2.45) is 0 Å². The highest BCUT2D eigenvalue weighted by molar-refractivity contribution is 7.07. The summed E-state index contributed by atoms with van der Waals surface area (Å²) in [4.78, 5) is 13.9. The second-order valence-electron chi connectivity index (χ2n) is 3.19. The van der Waals surface area contributed by atoms with Gasteiger partial charge in [0.2, 0.25) is 0 Å². The van der Waals surface area contributed by atoms with Crippen molar-refractivity contribution in [3.05, 3.63) is 49.1 Å². The predicted molar refractivity (Wildman–Crippen MR) is 61.3 cm³/mol. The normalized spacial score (nSPS) is 11.9. The molecule has 0 spiro atoms. The minimum Gasteiger partial charge on any atom is -0.507 e. The summed E-state index contributed by atoms with van der Waals surface area (Å²) in [7, 11) is 0. The Kier molecular flexibility index (Phi) is 2.62. The van der Waals surface area contributed by atoms with Gasteiger partial charge in [0.15, 0.2) is 0 Å². The molecule has 3 nitrogen and oxygen atoms in total. The molecule has 5 heteroatoms. The number of phenolic OH excluding ortho intramolecular Hbond substituents is 1. The van der Waals surface area contributed by atoms with Gasteiger partial charge in [-0.05, 0) is 24.3 Å². The predicted octanol–water partition coefficient (Wildman–Crippen LogP) is 0.520. The first-order valence-electron chi connectivity index (χ1n) is 4.44. The van der Waals surface area contributed by atoms with Crippen LogP contribution >= 0.6 is 11.3 Å². The van der Waals surface area contributed by atoms with Crippen molar-refractivity contribution in [1.29, 1.82) is 0 Å². The molecule has 1 aromatic heterocycles. The Bertz CT molecular complexity index is 687. The lowest BCUT2D eigenvalue weighted by Gasteiger charge is -1.97. The van der Waals surface area contributed by atoms with Gasteiger partial charge in [-0.25, -0.2) is 4.39 Å². The molecule has 0 bridgehead atoms. The highest BCUT2D eigenvalue weighted by Crippen LogP contribution is 2.17. The molecule has 82 valence electrons. The molecular weight excluding hydrogens is 229 g/mol. The number of aromatic hydroxyl groups is 1. The highest BCUT2D eigenvalue weighted by Gasteiger charge is 2.01. The largest absolute Gasteiger partial charge is 0.507 e. The van der Waals surface area contributed by atoms with Gasteiger partial charge in [-0.3, -0.25) is 4.79 Å². The van der Waals surface area contributed by atoms with Gasteiger partial charge in [0.1, 0.15) is 11.6 Å². The summed E-state index contributed by atoms with van der Waals surface area (Å²) in [5.74, 6) is -0.535. The van der Waals surface area contributed by atoms with Gasteiger partial charge >= 0.3 is 0 Å². The molecule has 0 radical (unpaired) electrons. The first-order chi connectivity index (χ1) is 7.56. The average molecular weight is 237 g/mol. The van der Waals surface area contributed by atoms with E-state index in [1.54, 1.807) is 0 Å². The Morgan fingerprint density at radius 1 is 1.50 bits per heavy atom. The van der Waals surface area contributed by atoms with Gasteiger partial charge in [-0.1, -0.05) is 6.58 Å². The van der Waals surface area contributed by atoms with E-state index in [9.17, 15) is 14.3 Å². The molecule has 0 aliphatic heterocycles. The van der Waals surface area contributed by atoms with Gasteiger partial charge in [0.05, 0.1) is 9.20 Å². The summed E-state index contributed by atoms with van der Waals surface area (Å²) in [5, 5.41) is 9.47. The maximum atomic E-state index is 12.9. The number of hydrogen-bond acceptors (Lipinski definition) is 3. The number of benzene rings is 1. The summed E-state index contributed by atoms with van der Waals surface area (Å²) < 4.78 is 13.8. The molecule has 0 saturated carbocycles. The number of aromatic amines is 1. The van der Waals surface area contributed by atoms with Crippen LogP contribution in [0.4, 0.5) is 4.39 Å². The third-order valence-electron chi connectivity index (χ3n) is 1.99. The van der Waals surface area contributed by atoms with Crippen LogP contribution < -0.4 is 14.8 Å². The van der Waals surface area contributed by atoms with Gasteiger partial charge in [-0.2, -0.15) is 0 Å². The van der Waals surface area contributed by atoms with E-state index in [1.165, 1.54) is 12.1 Å². The van der Waals surface area contributed by atoms with Gasteiger partial charge in [0.25, 0.3) is 5.56 Å². The molecule has 2 aromatic rings. The van der Waals surface area contributed by atoms with Gasteiger partial charge < -0.3 is 10.1 Å². The van der Waals surface area contributed by atoms with Crippen LogP contribution in [-0.2, 0) is 0 Å². The van der Waals surface area contributed by atoms with E-state index in [-0.39, 0.29) is 16.9 Å². The monoisotopic (exact) mass is 237 g/mol. The molecule has 0 aliphatic rings. The number of H-pyrrole nitrogens is 1. The van der Waals surface area contributed by atoms with Crippen LogP contribution in [0.2, 0.25) is 0 Å². The van der Waals surface area contributed by atoms with E-state index in [1.807, 2.05) is 0 Å². The number of thiazole rings is 1. The maximum absolute atomic E-state index is 12.9. The Morgan fingerprint density at radius 3 is 2.88 bits per heavy atom. The van der Waals surface area contributed by atoms with E-state index in [0.717, 1.165) is 23.5 Å². The van der Waals surface area contributed by atoms with Gasteiger partial charge in [0, 0.05) is 5.56 Å². The lowest BCUT2D eigenvalue weighted by Crippen LogP contribution is -2.19. The maximum Gasteiger partial charge on any atom is 0.266 e. The molecule has 1 aromatic carbocycles. The second kappa shape index (κ2) is 3.94. The number of aromatic nitrogens is 1. The van der Waals surface area contributed by atoms with Crippen LogP contribution in [0, 0.1) is 5.82 Å². The van der Waals surface area contributed by atoms with Crippen molar-refractivity contribution >= 4 is 24.0 Å². The van der Waals surface area contributed by atoms with Crippen LogP contribution in [0.3, 0.4) is 0 Å². The molecular formula is C11H8FNO2S. The third kappa shape index (κ3) is 2.04. The molecule has 2 rings (SSSR count). The fourth-order valence-electron chi connectivity index (χ4n) is 1.27. The van der Waals surface area contributed by atoms with Crippen molar-refractivity contribution in [3.8, 4) is 5.75 Å². The van der Waals surface area contributed by atoms with Crippen LogP contribution in [-0.4, -0.2) is 10.1 Å². The molecule has 16 heavy (non-hydrogen) atoms. The van der Waals surface area contributed by atoms with Gasteiger partial charge in [-0.15, -0.1) is 11.3 Å².